The summed E-state index contributed by atoms with van der Waals surface area (Å²) in [5.74, 6) is 0.647. The molecular formula is C17H14N6OS2. The fourth-order valence-electron chi connectivity index (χ4n) is 3.22. The van der Waals surface area contributed by atoms with Gasteiger partial charge in [0, 0.05) is 11.1 Å². The minimum absolute atomic E-state index is 0.129. The van der Waals surface area contributed by atoms with Crippen molar-refractivity contribution in [2.45, 2.75) is 24.4 Å². The van der Waals surface area contributed by atoms with Crippen LogP contribution in [0.5, 0.6) is 0 Å². The molecule has 9 heteroatoms. The Bertz CT molecular complexity index is 1120. The highest BCUT2D eigenvalue weighted by atomic mass is 32.2. The van der Waals surface area contributed by atoms with Crippen LogP contribution in [-0.4, -0.2) is 36.2 Å². The number of carbonyl (C=O) groups excluding carboxylic acids is 1. The van der Waals surface area contributed by atoms with Gasteiger partial charge < -0.3 is 5.32 Å². The van der Waals surface area contributed by atoms with Gasteiger partial charge in [0.1, 0.15) is 17.0 Å². The zero-order chi connectivity index (χ0) is 17.5. The van der Waals surface area contributed by atoms with Gasteiger partial charge >= 0.3 is 0 Å². The average molecular weight is 382 g/mol. The highest BCUT2D eigenvalue weighted by Crippen LogP contribution is 2.38. The van der Waals surface area contributed by atoms with E-state index in [9.17, 15) is 4.79 Å². The molecular weight excluding hydrogens is 368 g/mol. The molecule has 0 bridgehead atoms. The zero-order valence-corrected chi connectivity index (χ0v) is 15.3. The number of anilines is 1. The summed E-state index contributed by atoms with van der Waals surface area (Å²) < 4.78 is 1.88. The first-order chi connectivity index (χ1) is 12.8. The number of thiophene rings is 1. The predicted molar refractivity (Wildman–Crippen MR) is 102 cm³/mol. The second-order valence-electron chi connectivity index (χ2n) is 6.01. The number of nitrogens with zero attached hydrogens (tertiary/aromatic N) is 5. The number of pyridine rings is 1. The van der Waals surface area contributed by atoms with Gasteiger partial charge in [0.2, 0.25) is 5.91 Å². The molecule has 7 nitrogen and oxygen atoms in total. The van der Waals surface area contributed by atoms with Crippen LogP contribution in [0.15, 0.2) is 35.9 Å². The first-order valence-electron chi connectivity index (χ1n) is 8.27. The number of fused-ring (bicyclic) bond motifs is 5. The van der Waals surface area contributed by atoms with Gasteiger partial charge in [-0.05, 0) is 37.0 Å². The largest absolute Gasteiger partial charge is 0.310 e. The van der Waals surface area contributed by atoms with E-state index >= 15 is 0 Å². The van der Waals surface area contributed by atoms with Gasteiger partial charge in [0.25, 0.3) is 0 Å². The van der Waals surface area contributed by atoms with E-state index in [1.807, 2.05) is 16.5 Å². The number of aryl methyl sites for hydroxylation is 2. The van der Waals surface area contributed by atoms with Crippen molar-refractivity contribution in [2.24, 2.45) is 0 Å². The summed E-state index contributed by atoms with van der Waals surface area (Å²) in [6.07, 6.45) is 6.80. The monoisotopic (exact) mass is 382 g/mol. The van der Waals surface area contributed by atoms with Crippen LogP contribution in [-0.2, 0) is 17.6 Å². The number of rotatable bonds is 4. The minimum atomic E-state index is -0.129. The van der Waals surface area contributed by atoms with Crippen molar-refractivity contribution >= 4 is 50.7 Å². The normalized spacial score (nSPS) is 13.4. The SMILES string of the molecule is O=C(CSc1nnc2c3c4c(sc3ncn12)CCC4)Nc1ccccn1. The molecule has 0 unspecified atom stereocenters. The molecule has 1 N–H and O–H groups in total. The van der Waals surface area contributed by atoms with E-state index in [4.69, 9.17) is 0 Å². The van der Waals surface area contributed by atoms with E-state index in [-0.39, 0.29) is 11.7 Å². The summed E-state index contributed by atoms with van der Waals surface area (Å²) in [6.45, 7) is 0. The summed E-state index contributed by atoms with van der Waals surface area (Å²) in [7, 11) is 0. The Hall–Kier alpha value is -2.52. The number of amides is 1. The van der Waals surface area contributed by atoms with Crippen molar-refractivity contribution < 1.29 is 4.79 Å². The first-order valence-corrected chi connectivity index (χ1v) is 10.1. The summed E-state index contributed by atoms with van der Waals surface area (Å²) in [5.41, 5.74) is 2.21. The molecule has 0 atom stereocenters. The molecule has 4 aromatic rings. The smallest absolute Gasteiger partial charge is 0.236 e. The molecule has 0 spiro atoms. The Balaban J connectivity index is 1.40. The summed E-state index contributed by atoms with van der Waals surface area (Å²) in [6, 6.07) is 5.40. The lowest BCUT2D eigenvalue weighted by atomic mass is 10.2. The Morgan fingerprint density at radius 3 is 3.12 bits per heavy atom. The summed E-state index contributed by atoms with van der Waals surface area (Å²) >= 11 is 3.10. The molecule has 0 aromatic carbocycles. The lowest BCUT2D eigenvalue weighted by molar-refractivity contribution is -0.113. The maximum absolute atomic E-state index is 12.1. The molecule has 0 saturated heterocycles. The van der Waals surface area contributed by atoms with E-state index in [0.29, 0.717) is 11.0 Å². The van der Waals surface area contributed by atoms with E-state index in [0.717, 1.165) is 28.7 Å². The number of thioether (sulfide) groups is 1. The van der Waals surface area contributed by atoms with E-state index in [1.54, 1.807) is 29.9 Å². The number of hydrogen-bond acceptors (Lipinski definition) is 7. The van der Waals surface area contributed by atoms with Crippen molar-refractivity contribution in [3.63, 3.8) is 0 Å². The van der Waals surface area contributed by atoms with Crippen LogP contribution in [0, 0.1) is 0 Å². The van der Waals surface area contributed by atoms with E-state index < -0.39 is 0 Å². The fourth-order valence-corrected chi connectivity index (χ4v) is 5.14. The summed E-state index contributed by atoms with van der Waals surface area (Å²) in [4.78, 5) is 23.2. The van der Waals surface area contributed by atoms with Crippen LogP contribution in [0.25, 0.3) is 15.9 Å². The van der Waals surface area contributed by atoms with Crippen molar-refractivity contribution in [3.8, 4) is 0 Å². The van der Waals surface area contributed by atoms with Crippen molar-refractivity contribution in [1.82, 2.24) is 24.6 Å². The molecule has 5 rings (SSSR count). The molecule has 0 fully saturated rings. The number of aromatic nitrogens is 5. The molecule has 0 radical (unpaired) electrons. The Labute approximate surface area is 156 Å². The molecule has 1 amide bonds. The fraction of sp³-hybridized carbons (Fsp3) is 0.235. The van der Waals surface area contributed by atoms with Crippen LogP contribution in [0.2, 0.25) is 0 Å². The lowest BCUT2D eigenvalue weighted by Gasteiger charge is -2.03. The highest BCUT2D eigenvalue weighted by Gasteiger charge is 2.22. The van der Waals surface area contributed by atoms with Crippen LogP contribution >= 0.6 is 23.1 Å². The second-order valence-corrected chi connectivity index (χ2v) is 8.04. The maximum Gasteiger partial charge on any atom is 0.236 e. The standard InChI is InChI=1S/C17H14N6OS2/c24-13(20-12-6-1-2-7-18-12)8-25-17-22-21-15-14-10-4-3-5-11(10)26-16(14)19-9-23(15)17/h1-2,6-7,9H,3-5,8H2,(H,18,20,24). The molecule has 4 heterocycles. The van der Waals surface area contributed by atoms with Gasteiger partial charge in [0.05, 0.1) is 11.1 Å². The topological polar surface area (TPSA) is 85.1 Å². The molecule has 1 aliphatic carbocycles. The van der Waals surface area contributed by atoms with E-state index in [1.165, 1.54) is 28.6 Å². The predicted octanol–water partition coefficient (Wildman–Crippen LogP) is 2.95. The molecule has 4 aromatic heterocycles. The van der Waals surface area contributed by atoms with Gasteiger partial charge in [-0.25, -0.2) is 9.97 Å². The van der Waals surface area contributed by atoms with E-state index in [2.05, 4.69) is 25.5 Å². The maximum atomic E-state index is 12.1. The molecule has 26 heavy (non-hydrogen) atoms. The highest BCUT2D eigenvalue weighted by molar-refractivity contribution is 7.99. The zero-order valence-electron chi connectivity index (χ0n) is 13.7. The third-order valence-corrected chi connectivity index (χ3v) is 6.49. The van der Waals surface area contributed by atoms with Gasteiger partial charge in [-0.1, -0.05) is 17.8 Å². The van der Waals surface area contributed by atoms with Gasteiger partial charge in [-0.2, -0.15) is 0 Å². The van der Waals surface area contributed by atoms with Gasteiger partial charge in [0.15, 0.2) is 10.8 Å². The number of hydrogen-bond donors (Lipinski definition) is 1. The Kier molecular flexibility index (Phi) is 3.83. The Morgan fingerprint density at radius 1 is 1.27 bits per heavy atom. The van der Waals surface area contributed by atoms with Gasteiger partial charge in [-0.15, -0.1) is 21.5 Å². The third kappa shape index (κ3) is 2.63. The molecule has 0 aliphatic heterocycles. The Morgan fingerprint density at radius 2 is 2.23 bits per heavy atom. The molecule has 1 aliphatic rings. The van der Waals surface area contributed by atoms with Crippen molar-refractivity contribution in [1.29, 1.82) is 0 Å². The van der Waals surface area contributed by atoms with Crippen LogP contribution < -0.4 is 5.32 Å². The van der Waals surface area contributed by atoms with Crippen LogP contribution in [0.1, 0.15) is 16.9 Å². The van der Waals surface area contributed by atoms with Crippen LogP contribution in [0.4, 0.5) is 5.82 Å². The number of nitrogens with one attached hydrogen (secondary N) is 1. The van der Waals surface area contributed by atoms with Crippen LogP contribution in [0.3, 0.4) is 0 Å². The minimum Gasteiger partial charge on any atom is -0.310 e. The molecule has 130 valence electrons. The second kappa shape index (κ2) is 6.33. The first kappa shape index (κ1) is 15.7. The van der Waals surface area contributed by atoms with Gasteiger partial charge in [-0.3, -0.25) is 9.20 Å². The number of carbonyl (C=O) groups is 1. The summed E-state index contributed by atoms with van der Waals surface area (Å²) in [5, 5.41) is 13.2. The lowest BCUT2D eigenvalue weighted by Crippen LogP contribution is -2.15. The molecule has 0 saturated carbocycles. The van der Waals surface area contributed by atoms with Crippen molar-refractivity contribution in [2.75, 3.05) is 11.1 Å². The average Bonchev–Trinajstić information content (AvgIpc) is 3.34. The quantitative estimate of drug-likeness (QED) is 0.546. The van der Waals surface area contributed by atoms with Crippen molar-refractivity contribution in [3.05, 3.63) is 41.2 Å². The third-order valence-electron chi connectivity index (χ3n) is 4.35.